The number of carbonyl (C=O) groups is 3. The van der Waals surface area contributed by atoms with Crippen LogP contribution in [0, 0.1) is 18.7 Å². The highest BCUT2D eigenvalue weighted by Crippen LogP contribution is 2.39. The molecule has 3 aromatic carbocycles. The van der Waals surface area contributed by atoms with Gasteiger partial charge in [-0.05, 0) is 99.4 Å². The molecule has 2 saturated heterocycles. The van der Waals surface area contributed by atoms with Gasteiger partial charge in [-0.3, -0.25) is 9.59 Å². The first kappa shape index (κ1) is 34.9. The number of nitrogens with zero attached hydrogens (tertiary/aromatic N) is 2. The number of halogens is 1. The van der Waals surface area contributed by atoms with E-state index in [1.165, 1.54) is 6.07 Å². The highest BCUT2D eigenvalue weighted by molar-refractivity contribution is 5.98. The number of hydrogen-bond acceptors (Lipinski definition) is 5. The Hall–Kier alpha value is -4.40. The highest BCUT2D eigenvalue weighted by Gasteiger charge is 2.41. The van der Waals surface area contributed by atoms with Crippen molar-refractivity contribution >= 4 is 29.3 Å². The molecular weight excluding hydrogens is 607 g/mol. The van der Waals surface area contributed by atoms with Gasteiger partial charge in [0.2, 0.25) is 5.91 Å². The average Bonchev–Trinajstić information content (AvgIpc) is 3.48. The summed E-state index contributed by atoms with van der Waals surface area (Å²) in [7, 11) is 0. The zero-order valence-electron chi connectivity index (χ0n) is 29.2. The molecule has 3 aromatic rings. The van der Waals surface area contributed by atoms with Crippen LogP contribution >= 0.6 is 0 Å². The molecule has 3 amide bonds. The number of benzene rings is 3. The van der Waals surface area contributed by atoms with E-state index in [1.807, 2.05) is 69.3 Å². The Kier molecular flexibility index (Phi) is 10.2. The van der Waals surface area contributed by atoms with Gasteiger partial charge >= 0.3 is 6.09 Å². The van der Waals surface area contributed by atoms with Crippen molar-refractivity contribution in [2.24, 2.45) is 5.92 Å². The Morgan fingerprint density at radius 2 is 1.58 bits per heavy atom. The fraction of sp³-hybridized carbons (Fsp3) is 0.462. The van der Waals surface area contributed by atoms with Crippen LogP contribution in [0.25, 0.3) is 0 Å². The lowest BCUT2D eigenvalue weighted by molar-refractivity contribution is -0.123. The molecule has 9 heteroatoms. The van der Waals surface area contributed by atoms with E-state index in [0.29, 0.717) is 43.7 Å². The van der Waals surface area contributed by atoms with Crippen molar-refractivity contribution in [2.45, 2.75) is 90.8 Å². The highest BCUT2D eigenvalue weighted by atomic mass is 19.1. The van der Waals surface area contributed by atoms with Crippen LogP contribution in [0.4, 0.5) is 20.6 Å². The molecule has 0 spiro atoms. The van der Waals surface area contributed by atoms with E-state index in [-0.39, 0.29) is 29.0 Å². The second kappa shape index (κ2) is 14.0. The maximum absolute atomic E-state index is 15.1. The van der Waals surface area contributed by atoms with Crippen LogP contribution in [0.15, 0.2) is 66.7 Å². The number of nitrogens with one attached hydrogen (secondary N) is 2. The minimum absolute atomic E-state index is 0.0375. The molecule has 8 nitrogen and oxygen atoms in total. The minimum atomic E-state index is -0.598. The topological polar surface area (TPSA) is 91.0 Å². The van der Waals surface area contributed by atoms with E-state index in [9.17, 15) is 14.4 Å². The molecule has 256 valence electrons. The molecule has 0 aliphatic carbocycles. The van der Waals surface area contributed by atoms with E-state index in [1.54, 1.807) is 28.9 Å². The first-order valence-corrected chi connectivity index (χ1v) is 16.9. The summed E-state index contributed by atoms with van der Waals surface area (Å²) in [4.78, 5) is 44.1. The average molecular weight is 657 g/mol. The summed E-state index contributed by atoms with van der Waals surface area (Å²) in [5.74, 6) is -1.72. The molecule has 2 heterocycles. The standard InChI is InChI=1S/C39H49FN4O4/c1-25-11-8-15-32(40)33(25)36(46)44-21-10-14-31(35(45)42-29-13-9-12-27(23-29)38(2,3)4)34(44)26-16-18-28(19-17-26)41-30-20-22-43(24-30)37(47)48-39(5,6)7/h8-9,11-13,15-19,23,30-31,34,41H,10,14,20-22,24H2,1-7H3,(H,42,45). The van der Waals surface area contributed by atoms with Crippen molar-refractivity contribution in [2.75, 3.05) is 30.3 Å². The van der Waals surface area contributed by atoms with E-state index in [4.69, 9.17) is 4.74 Å². The van der Waals surface area contributed by atoms with E-state index >= 15 is 4.39 Å². The Labute approximate surface area is 284 Å². The Bertz CT molecular complexity index is 1620. The first-order valence-electron chi connectivity index (χ1n) is 16.9. The molecule has 2 N–H and O–H groups in total. The molecule has 2 aliphatic rings. The third-order valence-corrected chi connectivity index (χ3v) is 9.12. The lowest BCUT2D eigenvalue weighted by Crippen LogP contribution is -2.46. The van der Waals surface area contributed by atoms with E-state index in [2.05, 4.69) is 31.4 Å². The molecule has 3 unspecified atom stereocenters. The van der Waals surface area contributed by atoms with Crippen LogP contribution in [0.1, 0.15) is 93.9 Å². The zero-order chi connectivity index (χ0) is 34.8. The summed E-state index contributed by atoms with van der Waals surface area (Å²) < 4.78 is 20.6. The quantitative estimate of drug-likeness (QED) is 0.280. The zero-order valence-corrected chi connectivity index (χ0v) is 29.2. The molecule has 2 aliphatic heterocycles. The van der Waals surface area contributed by atoms with Gasteiger partial charge in [0.05, 0.1) is 17.5 Å². The number of aryl methyl sites for hydroxylation is 1. The monoisotopic (exact) mass is 656 g/mol. The van der Waals surface area contributed by atoms with Crippen molar-refractivity contribution < 1.29 is 23.5 Å². The fourth-order valence-corrected chi connectivity index (χ4v) is 6.64. The van der Waals surface area contributed by atoms with E-state index < -0.39 is 29.3 Å². The number of ether oxygens (including phenoxy) is 1. The summed E-state index contributed by atoms with van der Waals surface area (Å²) in [5, 5.41) is 6.65. The molecule has 0 radical (unpaired) electrons. The van der Waals surface area contributed by atoms with Gasteiger partial charge in [-0.2, -0.15) is 0 Å². The van der Waals surface area contributed by atoms with Gasteiger partial charge in [0, 0.05) is 37.1 Å². The molecule has 0 aromatic heterocycles. The van der Waals surface area contributed by atoms with Gasteiger partial charge in [-0.1, -0.05) is 57.2 Å². The van der Waals surface area contributed by atoms with Crippen LogP contribution in [-0.4, -0.2) is 59.0 Å². The van der Waals surface area contributed by atoms with Crippen LogP contribution in [0.3, 0.4) is 0 Å². The van der Waals surface area contributed by atoms with Crippen molar-refractivity contribution in [3.8, 4) is 0 Å². The summed E-state index contributed by atoms with van der Waals surface area (Å²) in [5.41, 5.74) is 3.43. The normalized spacial score (nSPS) is 20.0. The number of anilines is 2. The smallest absolute Gasteiger partial charge is 0.410 e. The number of rotatable bonds is 6. The number of likely N-dealkylation sites (tertiary alicyclic amines) is 2. The van der Waals surface area contributed by atoms with Crippen molar-refractivity contribution in [3.05, 3.63) is 94.8 Å². The summed E-state index contributed by atoms with van der Waals surface area (Å²) >= 11 is 0. The van der Waals surface area contributed by atoms with Crippen LogP contribution in [0.5, 0.6) is 0 Å². The maximum Gasteiger partial charge on any atom is 0.410 e. The number of carbonyl (C=O) groups excluding carboxylic acids is 3. The number of amides is 3. The Morgan fingerprint density at radius 3 is 2.25 bits per heavy atom. The molecule has 0 bridgehead atoms. The first-order chi connectivity index (χ1) is 22.6. The van der Waals surface area contributed by atoms with Crippen molar-refractivity contribution in [3.63, 3.8) is 0 Å². The molecular formula is C39H49FN4O4. The predicted molar refractivity (Wildman–Crippen MR) is 188 cm³/mol. The van der Waals surface area contributed by atoms with Gasteiger partial charge in [0.25, 0.3) is 5.91 Å². The lowest BCUT2D eigenvalue weighted by atomic mass is 9.83. The Morgan fingerprint density at radius 1 is 0.875 bits per heavy atom. The summed E-state index contributed by atoms with van der Waals surface area (Å²) in [6.07, 6.45) is 1.67. The largest absolute Gasteiger partial charge is 0.444 e. The fourth-order valence-electron chi connectivity index (χ4n) is 6.64. The second-order valence-corrected chi connectivity index (χ2v) is 15.1. The van der Waals surface area contributed by atoms with Crippen molar-refractivity contribution in [1.82, 2.24) is 9.80 Å². The third-order valence-electron chi connectivity index (χ3n) is 9.12. The third kappa shape index (κ3) is 8.17. The van der Waals surface area contributed by atoms with Gasteiger partial charge < -0.3 is 25.2 Å². The number of hydrogen-bond donors (Lipinski definition) is 2. The van der Waals surface area contributed by atoms with Gasteiger partial charge in [0.1, 0.15) is 11.4 Å². The SMILES string of the molecule is Cc1cccc(F)c1C(=O)N1CCCC(C(=O)Nc2cccc(C(C)(C)C)c2)C1c1ccc(NC2CCN(C(=O)OC(C)(C)C)C2)cc1. The minimum Gasteiger partial charge on any atom is -0.444 e. The van der Waals surface area contributed by atoms with Gasteiger partial charge in [-0.25, -0.2) is 9.18 Å². The van der Waals surface area contributed by atoms with Crippen LogP contribution < -0.4 is 10.6 Å². The molecule has 0 saturated carbocycles. The molecule has 2 fully saturated rings. The van der Waals surface area contributed by atoms with E-state index in [0.717, 1.165) is 23.2 Å². The van der Waals surface area contributed by atoms with Crippen molar-refractivity contribution in [1.29, 1.82) is 0 Å². The predicted octanol–water partition coefficient (Wildman–Crippen LogP) is 8.09. The second-order valence-electron chi connectivity index (χ2n) is 15.1. The van der Waals surface area contributed by atoms with Crippen LogP contribution in [0.2, 0.25) is 0 Å². The molecule has 5 rings (SSSR count). The van der Waals surface area contributed by atoms with Gasteiger partial charge in [0.15, 0.2) is 0 Å². The Balaban J connectivity index is 1.40. The number of piperidine rings is 1. The summed E-state index contributed by atoms with van der Waals surface area (Å²) in [6.45, 7) is 15.2. The molecule has 48 heavy (non-hydrogen) atoms. The van der Waals surface area contributed by atoms with Crippen LogP contribution in [-0.2, 0) is 14.9 Å². The lowest BCUT2D eigenvalue weighted by Gasteiger charge is -2.41. The maximum atomic E-state index is 15.1. The summed E-state index contributed by atoms with van der Waals surface area (Å²) in [6, 6.07) is 19.7. The molecule has 3 atom stereocenters. The van der Waals surface area contributed by atoms with Gasteiger partial charge in [-0.15, -0.1) is 0 Å².